The molecule has 0 aliphatic rings. The van der Waals surface area contributed by atoms with Crippen molar-refractivity contribution in [3.05, 3.63) is 82.3 Å². The summed E-state index contributed by atoms with van der Waals surface area (Å²) in [7, 11) is 0. The molecule has 8 heteroatoms. The largest absolute Gasteiger partial charge is 0.478 e. The van der Waals surface area contributed by atoms with Gasteiger partial charge in [0.05, 0.1) is 11.3 Å². The number of carboxylic acids is 1. The van der Waals surface area contributed by atoms with Gasteiger partial charge in [0.25, 0.3) is 0 Å². The minimum Gasteiger partial charge on any atom is -0.478 e. The Bertz CT molecular complexity index is 1060. The standard InChI is InChI=1S/C20H13BrF2N2O3/c21-12-3-7-15(16(9-12)19(26)27)11-1-5-14(6-2-11)24-20(28)25-18-8-4-13(22)10-17(18)23/h1-10H,(H,26,27)(H2,24,25,28). The van der Waals surface area contributed by atoms with Gasteiger partial charge in [0, 0.05) is 16.2 Å². The molecule has 28 heavy (non-hydrogen) atoms. The number of hydrogen-bond donors (Lipinski definition) is 3. The van der Waals surface area contributed by atoms with Crippen molar-refractivity contribution in [1.29, 1.82) is 0 Å². The fourth-order valence-corrected chi connectivity index (χ4v) is 2.91. The SMILES string of the molecule is O=C(Nc1ccc(-c2ccc(Br)cc2C(=O)O)cc1)Nc1ccc(F)cc1F. The van der Waals surface area contributed by atoms with Gasteiger partial charge in [0.15, 0.2) is 0 Å². The minimum atomic E-state index is -1.06. The van der Waals surface area contributed by atoms with E-state index in [1.807, 2.05) is 0 Å². The fraction of sp³-hybridized carbons (Fsp3) is 0. The van der Waals surface area contributed by atoms with Crippen LogP contribution in [0.2, 0.25) is 0 Å². The number of rotatable bonds is 4. The maximum atomic E-state index is 13.6. The predicted molar refractivity (Wildman–Crippen MR) is 106 cm³/mol. The van der Waals surface area contributed by atoms with Crippen LogP contribution in [0.3, 0.4) is 0 Å². The Morgan fingerprint density at radius 3 is 2.25 bits per heavy atom. The maximum absolute atomic E-state index is 13.6. The number of carboxylic acid groups (broad SMARTS) is 1. The Kier molecular flexibility index (Phi) is 5.70. The van der Waals surface area contributed by atoms with Gasteiger partial charge in [-0.3, -0.25) is 0 Å². The van der Waals surface area contributed by atoms with E-state index >= 15 is 0 Å². The fourth-order valence-electron chi connectivity index (χ4n) is 2.55. The molecule has 0 atom stereocenters. The Balaban J connectivity index is 1.74. The number of aromatic carboxylic acids is 1. The molecule has 0 aliphatic heterocycles. The number of halogens is 3. The van der Waals surface area contributed by atoms with Gasteiger partial charge in [-0.2, -0.15) is 0 Å². The van der Waals surface area contributed by atoms with Crippen molar-refractivity contribution >= 4 is 39.3 Å². The van der Waals surface area contributed by atoms with Crippen molar-refractivity contribution in [3.63, 3.8) is 0 Å². The molecule has 0 heterocycles. The first-order valence-electron chi connectivity index (χ1n) is 8.00. The van der Waals surface area contributed by atoms with Crippen molar-refractivity contribution in [2.45, 2.75) is 0 Å². The molecule has 3 N–H and O–H groups in total. The van der Waals surface area contributed by atoms with Crippen LogP contribution in [0.25, 0.3) is 11.1 Å². The van der Waals surface area contributed by atoms with Gasteiger partial charge in [-0.25, -0.2) is 18.4 Å². The average Bonchev–Trinajstić information content (AvgIpc) is 2.65. The lowest BCUT2D eigenvalue weighted by Gasteiger charge is -2.10. The molecule has 3 rings (SSSR count). The van der Waals surface area contributed by atoms with E-state index in [1.165, 1.54) is 6.07 Å². The second-order valence-corrected chi connectivity index (χ2v) is 6.69. The van der Waals surface area contributed by atoms with Crippen molar-refractivity contribution < 1.29 is 23.5 Å². The second kappa shape index (κ2) is 8.18. The third-order valence-electron chi connectivity index (χ3n) is 3.85. The highest BCUT2D eigenvalue weighted by Gasteiger charge is 2.13. The topological polar surface area (TPSA) is 78.4 Å². The molecule has 0 aliphatic carbocycles. The molecule has 0 spiro atoms. The van der Waals surface area contributed by atoms with Gasteiger partial charge in [-0.1, -0.05) is 34.1 Å². The van der Waals surface area contributed by atoms with Crippen molar-refractivity contribution in [2.24, 2.45) is 0 Å². The molecule has 0 saturated heterocycles. The molecule has 2 amide bonds. The number of nitrogens with one attached hydrogen (secondary N) is 2. The summed E-state index contributed by atoms with van der Waals surface area (Å²) < 4.78 is 27.1. The Morgan fingerprint density at radius 2 is 1.61 bits per heavy atom. The summed E-state index contributed by atoms with van der Waals surface area (Å²) in [6.07, 6.45) is 0. The summed E-state index contributed by atoms with van der Waals surface area (Å²) in [4.78, 5) is 23.4. The van der Waals surface area contributed by atoms with Crippen molar-refractivity contribution in [2.75, 3.05) is 10.6 Å². The van der Waals surface area contributed by atoms with E-state index in [-0.39, 0.29) is 11.3 Å². The van der Waals surface area contributed by atoms with Gasteiger partial charge < -0.3 is 15.7 Å². The van der Waals surface area contributed by atoms with Crippen LogP contribution in [0.1, 0.15) is 10.4 Å². The Hall–Kier alpha value is -3.26. The second-order valence-electron chi connectivity index (χ2n) is 5.78. The third kappa shape index (κ3) is 4.52. The molecule has 0 saturated carbocycles. The van der Waals surface area contributed by atoms with Gasteiger partial charge >= 0.3 is 12.0 Å². The lowest BCUT2D eigenvalue weighted by atomic mass is 9.99. The maximum Gasteiger partial charge on any atom is 0.336 e. The predicted octanol–water partition coefficient (Wildman–Crippen LogP) is 5.74. The molecule has 0 unspecified atom stereocenters. The number of anilines is 2. The molecule has 3 aromatic rings. The third-order valence-corrected chi connectivity index (χ3v) is 4.34. The zero-order valence-electron chi connectivity index (χ0n) is 14.2. The molecule has 0 aromatic heterocycles. The first-order valence-corrected chi connectivity index (χ1v) is 8.79. The zero-order chi connectivity index (χ0) is 20.3. The molecule has 142 valence electrons. The molecule has 3 aromatic carbocycles. The minimum absolute atomic E-state index is 0.139. The smallest absolute Gasteiger partial charge is 0.336 e. The lowest BCUT2D eigenvalue weighted by molar-refractivity contribution is 0.0697. The van der Waals surface area contributed by atoms with E-state index < -0.39 is 23.6 Å². The number of carbonyl (C=O) groups is 2. The summed E-state index contributed by atoms with van der Waals surface area (Å²) in [6.45, 7) is 0. The summed E-state index contributed by atoms with van der Waals surface area (Å²) in [5.41, 5.74) is 1.58. The molecular formula is C20H13BrF2N2O3. The van der Waals surface area contributed by atoms with E-state index in [1.54, 1.807) is 36.4 Å². The van der Waals surface area contributed by atoms with Crippen LogP contribution in [-0.4, -0.2) is 17.1 Å². The zero-order valence-corrected chi connectivity index (χ0v) is 15.8. The molecular weight excluding hydrogens is 434 g/mol. The summed E-state index contributed by atoms with van der Waals surface area (Å²) in [5, 5.41) is 14.2. The van der Waals surface area contributed by atoms with Gasteiger partial charge in [0.2, 0.25) is 0 Å². The van der Waals surface area contributed by atoms with Crippen LogP contribution in [0.5, 0.6) is 0 Å². The molecule has 0 bridgehead atoms. The van der Waals surface area contributed by atoms with E-state index in [4.69, 9.17) is 0 Å². The number of benzene rings is 3. The molecule has 0 radical (unpaired) electrons. The van der Waals surface area contributed by atoms with Crippen molar-refractivity contribution in [3.8, 4) is 11.1 Å². The normalized spacial score (nSPS) is 10.4. The Morgan fingerprint density at radius 1 is 0.893 bits per heavy atom. The van der Waals surface area contributed by atoms with Crippen LogP contribution < -0.4 is 10.6 Å². The molecule has 5 nitrogen and oxygen atoms in total. The van der Waals surface area contributed by atoms with E-state index in [2.05, 4.69) is 26.6 Å². The summed E-state index contributed by atoms with van der Waals surface area (Å²) >= 11 is 3.25. The molecule has 0 fully saturated rings. The van der Waals surface area contributed by atoms with E-state index in [0.29, 0.717) is 27.4 Å². The highest BCUT2D eigenvalue weighted by Crippen LogP contribution is 2.28. The van der Waals surface area contributed by atoms with Crippen LogP contribution in [0.4, 0.5) is 25.0 Å². The van der Waals surface area contributed by atoms with Crippen LogP contribution in [-0.2, 0) is 0 Å². The highest BCUT2D eigenvalue weighted by atomic mass is 79.9. The number of urea groups is 1. The highest BCUT2D eigenvalue weighted by molar-refractivity contribution is 9.10. The average molecular weight is 447 g/mol. The van der Waals surface area contributed by atoms with Crippen LogP contribution in [0.15, 0.2) is 65.1 Å². The monoisotopic (exact) mass is 446 g/mol. The van der Waals surface area contributed by atoms with Gasteiger partial charge in [-0.15, -0.1) is 0 Å². The first-order chi connectivity index (χ1) is 13.3. The van der Waals surface area contributed by atoms with E-state index in [0.717, 1.165) is 12.1 Å². The Labute approximate surface area is 167 Å². The summed E-state index contributed by atoms with van der Waals surface area (Å²) in [5.74, 6) is -2.69. The van der Waals surface area contributed by atoms with Crippen LogP contribution >= 0.6 is 15.9 Å². The van der Waals surface area contributed by atoms with Gasteiger partial charge in [0.1, 0.15) is 11.6 Å². The van der Waals surface area contributed by atoms with Gasteiger partial charge in [-0.05, 0) is 47.5 Å². The number of carbonyl (C=O) groups excluding carboxylic acids is 1. The quantitative estimate of drug-likeness (QED) is 0.478. The lowest BCUT2D eigenvalue weighted by Crippen LogP contribution is -2.20. The number of hydrogen-bond acceptors (Lipinski definition) is 2. The summed E-state index contributed by atoms with van der Waals surface area (Å²) in [6, 6.07) is 13.5. The van der Waals surface area contributed by atoms with E-state index in [9.17, 15) is 23.5 Å². The van der Waals surface area contributed by atoms with Crippen molar-refractivity contribution in [1.82, 2.24) is 0 Å². The van der Waals surface area contributed by atoms with Crippen LogP contribution in [0, 0.1) is 11.6 Å². The first kappa shape index (κ1) is 19.5. The number of amides is 2.